The van der Waals surface area contributed by atoms with Gasteiger partial charge in [-0.1, -0.05) is 6.07 Å². The highest BCUT2D eigenvalue weighted by Gasteiger charge is 2.12. The molecular formula is C17H20N4O3. The van der Waals surface area contributed by atoms with Crippen molar-refractivity contribution in [3.05, 3.63) is 58.9 Å². The molecule has 3 amide bonds. The Balaban J connectivity index is 2.07. The Bertz CT molecular complexity index is 709. The molecule has 3 N–H and O–H groups in total. The number of urea groups is 1. The summed E-state index contributed by atoms with van der Waals surface area (Å²) >= 11 is 0. The molecule has 0 spiro atoms. The maximum Gasteiger partial charge on any atom is 0.333 e. The maximum absolute atomic E-state index is 12.1. The van der Waals surface area contributed by atoms with E-state index in [1.165, 1.54) is 7.05 Å². The Morgan fingerprint density at radius 2 is 1.88 bits per heavy atom. The van der Waals surface area contributed by atoms with Crippen LogP contribution >= 0.6 is 0 Å². The number of hydrogen-bond donors (Lipinski definition) is 3. The number of pyridine rings is 1. The summed E-state index contributed by atoms with van der Waals surface area (Å²) in [6, 6.07) is 6.72. The number of hydrazine groups is 1. The molecule has 1 aromatic carbocycles. The second-order valence-electron chi connectivity index (χ2n) is 5.25. The SMILES string of the molecule is CNC(=O)NNC(=O)c1cc(C)c(OCc2cccnc2)c(C)c1. The van der Waals surface area contributed by atoms with E-state index in [9.17, 15) is 9.59 Å². The minimum absolute atomic E-state index is 0.399. The maximum atomic E-state index is 12.1. The zero-order valence-corrected chi connectivity index (χ0v) is 13.8. The molecule has 1 aromatic heterocycles. The van der Waals surface area contributed by atoms with Gasteiger partial charge in [0.25, 0.3) is 5.91 Å². The van der Waals surface area contributed by atoms with Gasteiger partial charge in [0.1, 0.15) is 12.4 Å². The number of aryl methyl sites for hydroxylation is 2. The van der Waals surface area contributed by atoms with Crippen LogP contribution in [0.25, 0.3) is 0 Å². The minimum Gasteiger partial charge on any atom is -0.488 e. The first-order chi connectivity index (χ1) is 11.5. The van der Waals surface area contributed by atoms with Gasteiger partial charge in [0.15, 0.2) is 0 Å². The molecule has 0 aliphatic rings. The van der Waals surface area contributed by atoms with Crippen molar-refractivity contribution in [3.8, 4) is 5.75 Å². The minimum atomic E-state index is -0.492. The molecule has 1 heterocycles. The molecule has 0 fully saturated rings. The van der Waals surface area contributed by atoms with Gasteiger partial charge in [0.05, 0.1) is 0 Å². The molecule has 0 aliphatic heterocycles. The van der Waals surface area contributed by atoms with Crippen molar-refractivity contribution in [1.29, 1.82) is 0 Å². The van der Waals surface area contributed by atoms with Gasteiger partial charge in [-0.05, 0) is 43.2 Å². The first kappa shape index (κ1) is 17.3. The van der Waals surface area contributed by atoms with Crippen molar-refractivity contribution in [2.45, 2.75) is 20.5 Å². The number of amides is 3. The van der Waals surface area contributed by atoms with E-state index in [4.69, 9.17) is 4.74 Å². The third-order valence-corrected chi connectivity index (χ3v) is 3.35. The van der Waals surface area contributed by atoms with Gasteiger partial charge in [-0.25, -0.2) is 10.2 Å². The summed E-state index contributed by atoms with van der Waals surface area (Å²) in [5.41, 5.74) is 7.65. The van der Waals surface area contributed by atoms with Gasteiger partial charge in [0, 0.05) is 30.6 Å². The number of nitrogens with one attached hydrogen (secondary N) is 3. The first-order valence-corrected chi connectivity index (χ1v) is 7.42. The quantitative estimate of drug-likeness (QED) is 0.747. The molecule has 0 saturated carbocycles. The summed E-state index contributed by atoms with van der Waals surface area (Å²) in [5.74, 6) is 0.332. The lowest BCUT2D eigenvalue weighted by atomic mass is 10.1. The smallest absolute Gasteiger partial charge is 0.333 e. The fraction of sp³-hybridized carbons (Fsp3) is 0.235. The normalized spacial score (nSPS) is 9.96. The van der Waals surface area contributed by atoms with Gasteiger partial charge in [0.2, 0.25) is 0 Å². The number of nitrogens with zero attached hydrogens (tertiary/aromatic N) is 1. The number of carbonyl (C=O) groups is 2. The molecule has 0 aliphatic carbocycles. The molecule has 7 nitrogen and oxygen atoms in total. The molecule has 0 bridgehead atoms. The van der Waals surface area contributed by atoms with Crippen molar-refractivity contribution in [2.75, 3.05) is 7.05 Å². The van der Waals surface area contributed by atoms with Crippen molar-refractivity contribution >= 4 is 11.9 Å². The summed E-state index contributed by atoms with van der Waals surface area (Å²) in [6.07, 6.45) is 3.46. The van der Waals surface area contributed by atoms with E-state index in [0.717, 1.165) is 22.4 Å². The lowest BCUT2D eigenvalue weighted by Gasteiger charge is -2.14. The van der Waals surface area contributed by atoms with E-state index >= 15 is 0 Å². The Hall–Kier alpha value is -3.09. The second kappa shape index (κ2) is 7.96. The van der Waals surface area contributed by atoms with E-state index in [1.807, 2.05) is 26.0 Å². The molecule has 0 unspecified atom stereocenters. The summed E-state index contributed by atoms with van der Waals surface area (Å²) < 4.78 is 5.85. The lowest BCUT2D eigenvalue weighted by molar-refractivity contribution is 0.0936. The van der Waals surface area contributed by atoms with E-state index in [-0.39, 0.29) is 0 Å². The molecule has 24 heavy (non-hydrogen) atoms. The Morgan fingerprint density at radius 1 is 1.17 bits per heavy atom. The fourth-order valence-corrected chi connectivity index (χ4v) is 2.20. The van der Waals surface area contributed by atoms with Crippen LogP contribution in [0.2, 0.25) is 0 Å². The van der Waals surface area contributed by atoms with Crippen molar-refractivity contribution < 1.29 is 14.3 Å². The average Bonchev–Trinajstić information content (AvgIpc) is 2.59. The lowest BCUT2D eigenvalue weighted by Crippen LogP contribution is -2.45. The molecular weight excluding hydrogens is 308 g/mol. The summed E-state index contributed by atoms with van der Waals surface area (Å²) in [4.78, 5) is 27.2. The van der Waals surface area contributed by atoms with Crippen LogP contribution in [0.15, 0.2) is 36.7 Å². The molecule has 0 radical (unpaired) electrons. The van der Waals surface area contributed by atoms with Gasteiger partial charge in [-0.3, -0.25) is 15.2 Å². The van der Waals surface area contributed by atoms with Crippen LogP contribution in [0.4, 0.5) is 4.79 Å². The third-order valence-electron chi connectivity index (χ3n) is 3.35. The highest BCUT2D eigenvalue weighted by Crippen LogP contribution is 2.25. The van der Waals surface area contributed by atoms with Crippen LogP contribution in [0.1, 0.15) is 27.0 Å². The standard InChI is InChI=1S/C17H20N4O3/c1-11-7-14(16(22)20-21-17(23)18-3)8-12(2)15(11)24-10-13-5-4-6-19-9-13/h4-9H,10H2,1-3H3,(H,20,22)(H2,18,21,23). The number of rotatable bonds is 4. The van der Waals surface area contributed by atoms with E-state index in [2.05, 4.69) is 21.2 Å². The first-order valence-electron chi connectivity index (χ1n) is 7.42. The van der Waals surface area contributed by atoms with Gasteiger partial charge < -0.3 is 10.1 Å². The van der Waals surface area contributed by atoms with Crippen LogP contribution in [0.3, 0.4) is 0 Å². The second-order valence-corrected chi connectivity index (χ2v) is 5.25. The van der Waals surface area contributed by atoms with E-state index in [0.29, 0.717) is 12.2 Å². The topological polar surface area (TPSA) is 92.4 Å². The highest BCUT2D eigenvalue weighted by molar-refractivity contribution is 5.95. The molecule has 7 heteroatoms. The van der Waals surface area contributed by atoms with Crippen molar-refractivity contribution in [1.82, 2.24) is 21.2 Å². The number of hydrogen-bond acceptors (Lipinski definition) is 4. The Kier molecular flexibility index (Phi) is 5.73. The third kappa shape index (κ3) is 4.45. The molecule has 0 atom stereocenters. The zero-order chi connectivity index (χ0) is 17.5. The van der Waals surface area contributed by atoms with Gasteiger partial charge >= 0.3 is 6.03 Å². The van der Waals surface area contributed by atoms with Crippen LogP contribution in [-0.2, 0) is 6.61 Å². The van der Waals surface area contributed by atoms with Crippen molar-refractivity contribution in [3.63, 3.8) is 0 Å². The predicted octanol–water partition coefficient (Wildman–Crippen LogP) is 1.85. The van der Waals surface area contributed by atoms with Crippen molar-refractivity contribution in [2.24, 2.45) is 0 Å². The van der Waals surface area contributed by atoms with Gasteiger partial charge in [-0.15, -0.1) is 0 Å². The summed E-state index contributed by atoms with van der Waals surface area (Å²) in [6.45, 7) is 4.14. The summed E-state index contributed by atoms with van der Waals surface area (Å²) in [5, 5.41) is 2.35. The number of carbonyl (C=O) groups excluding carboxylic acids is 2. The zero-order valence-electron chi connectivity index (χ0n) is 13.8. The Labute approximate surface area is 140 Å². The predicted molar refractivity (Wildman–Crippen MR) is 89.5 cm³/mol. The number of aromatic nitrogens is 1. The van der Waals surface area contributed by atoms with E-state index in [1.54, 1.807) is 24.5 Å². The molecule has 0 saturated heterocycles. The van der Waals surface area contributed by atoms with Crippen LogP contribution < -0.4 is 20.9 Å². The fourth-order valence-electron chi connectivity index (χ4n) is 2.20. The van der Waals surface area contributed by atoms with E-state index < -0.39 is 11.9 Å². The monoisotopic (exact) mass is 328 g/mol. The largest absolute Gasteiger partial charge is 0.488 e. The van der Waals surface area contributed by atoms with Gasteiger partial charge in [-0.2, -0.15) is 0 Å². The van der Waals surface area contributed by atoms with Crippen LogP contribution in [-0.4, -0.2) is 24.0 Å². The average molecular weight is 328 g/mol. The van der Waals surface area contributed by atoms with Crippen LogP contribution in [0, 0.1) is 13.8 Å². The molecule has 126 valence electrons. The molecule has 2 aromatic rings. The number of benzene rings is 1. The van der Waals surface area contributed by atoms with Crippen LogP contribution in [0.5, 0.6) is 5.75 Å². The summed E-state index contributed by atoms with van der Waals surface area (Å²) in [7, 11) is 1.46. The molecule has 2 rings (SSSR count). The Morgan fingerprint density at radius 3 is 2.46 bits per heavy atom. The number of ether oxygens (including phenoxy) is 1. The highest BCUT2D eigenvalue weighted by atomic mass is 16.5.